The summed E-state index contributed by atoms with van der Waals surface area (Å²) < 4.78 is 30.2. The Morgan fingerprint density at radius 2 is 1.47 bits per heavy atom. The summed E-state index contributed by atoms with van der Waals surface area (Å²) in [7, 11) is 7.94. The van der Waals surface area contributed by atoms with Crippen LogP contribution in [-0.4, -0.2) is 63.0 Å². The fourth-order valence-corrected chi connectivity index (χ4v) is 5.89. The van der Waals surface area contributed by atoms with Crippen molar-refractivity contribution in [1.82, 2.24) is 4.57 Å². The second-order valence-electron chi connectivity index (χ2n) is 9.20. The zero-order valence-electron chi connectivity index (χ0n) is 22.2. The molecule has 0 spiro atoms. The molecular formula is C30H33NO7. The maximum atomic E-state index is 12.1. The Morgan fingerprint density at radius 1 is 0.789 bits per heavy atom. The molecule has 0 amide bonds. The molecule has 1 aromatic heterocycles. The molecule has 3 atom stereocenters. The summed E-state index contributed by atoms with van der Waals surface area (Å²) in [5, 5.41) is 23.2. The van der Waals surface area contributed by atoms with Crippen LogP contribution in [0.5, 0.6) is 28.7 Å². The van der Waals surface area contributed by atoms with Gasteiger partial charge in [0.25, 0.3) is 0 Å². The van der Waals surface area contributed by atoms with E-state index >= 15 is 0 Å². The molecule has 1 aliphatic heterocycles. The molecule has 0 radical (unpaired) electrons. The summed E-state index contributed by atoms with van der Waals surface area (Å²) in [4.78, 5) is 0. The van der Waals surface area contributed by atoms with Crippen LogP contribution in [0, 0.1) is 0 Å². The van der Waals surface area contributed by atoms with E-state index in [9.17, 15) is 10.2 Å². The number of para-hydroxylation sites is 1. The fourth-order valence-electron chi connectivity index (χ4n) is 5.89. The minimum atomic E-state index is -0.864. The van der Waals surface area contributed by atoms with Gasteiger partial charge in [0.1, 0.15) is 11.5 Å². The molecule has 0 unspecified atom stereocenters. The van der Waals surface area contributed by atoms with E-state index in [1.165, 1.54) is 0 Å². The van der Waals surface area contributed by atoms with Crippen molar-refractivity contribution < 1.29 is 33.9 Å². The van der Waals surface area contributed by atoms with Crippen molar-refractivity contribution in [2.24, 2.45) is 0 Å². The van der Waals surface area contributed by atoms with Crippen LogP contribution in [0.4, 0.5) is 0 Å². The lowest BCUT2D eigenvalue weighted by Gasteiger charge is -2.25. The van der Waals surface area contributed by atoms with Gasteiger partial charge in [0.05, 0.1) is 53.6 Å². The molecule has 3 aromatic carbocycles. The molecular weight excluding hydrogens is 486 g/mol. The number of ether oxygens (including phenoxy) is 5. The predicted octanol–water partition coefficient (Wildman–Crippen LogP) is 4.31. The predicted molar refractivity (Wildman–Crippen MR) is 144 cm³/mol. The van der Waals surface area contributed by atoms with Crippen molar-refractivity contribution >= 4 is 10.9 Å². The second-order valence-corrected chi connectivity index (χ2v) is 9.20. The molecule has 5 rings (SSSR count). The van der Waals surface area contributed by atoms with E-state index in [4.69, 9.17) is 23.7 Å². The first-order valence-corrected chi connectivity index (χ1v) is 12.4. The number of hydrogen-bond donors (Lipinski definition) is 2. The fraction of sp³-hybridized carbons (Fsp3) is 0.333. The first-order chi connectivity index (χ1) is 18.5. The number of aliphatic hydroxyl groups is 2. The molecule has 2 heterocycles. The molecule has 2 N–H and O–H groups in total. The number of aromatic nitrogens is 1. The van der Waals surface area contributed by atoms with Gasteiger partial charge in [-0.15, -0.1) is 0 Å². The highest BCUT2D eigenvalue weighted by Gasteiger charge is 2.46. The average Bonchev–Trinajstić information content (AvgIpc) is 3.42. The standard InChI is InChI=1S/C30H33NO7/c1-34-18-10-11-21(23(16-18)35-2)26-28-20(12-13-32)19-8-6-7-9-22(19)31(28)27(29(26)33)17-14-24(36-3)30(38-5)25(15-17)37-4/h6-11,14-16,26-27,29,32-33H,12-13H2,1-5H3/t26-,27-,29+/m0/s1. The SMILES string of the molecule is COc1ccc([C@H]2c3c(CCO)c4ccccc4n3[C@@H](c3cc(OC)c(OC)c(OC)c3)[C@@H]2O)c(OC)c1. The summed E-state index contributed by atoms with van der Waals surface area (Å²) in [6.07, 6.45) is -0.413. The molecule has 0 aliphatic carbocycles. The summed E-state index contributed by atoms with van der Waals surface area (Å²) in [5.74, 6) is 2.34. The van der Waals surface area contributed by atoms with Crippen molar-refractivity contribution in [3.63, 3.8) is 0 Å². The normalized spacial score (nSPS) is 18.3. The number of fused-ring (bicyclic) bond motifs is 3. The number of hydrogen-bond acceptors (Lipinski definition) is 7. The number of methoxy groups -OCH3 is 5. The zero-order chi connectivity index (χ0) is 27.0. The van der Waals surface area contributed by atoms with Crippen molar-refractivity contribution in [3.05, 3.63) is 77.0 Å². The topological polar surface area (TPSA) is 91.5 Å². The molecule has 8 heteroatoms. The molecule has 1 aliphatic rings. The Kier molecular flexibility index (Phi) is 7.10. The summed E-state index contributed by atoms with van der Waals surface area (Å²) >= 11 is 0. The lowest BCUT2D eigenvalue weighted by molar-refractivity contribution is 0.138. The van der Waals surface area contributed by atoms with Gasteiger partial charge >= 0.3 is 0 Å². The van der Waals surface area contributed by atoms with Crippen LogP contribution >= 0.6 is 0 Å². The second kappa shape index (κ2) is 10.5. The molecule has 0 fully saturated rings. The third-order valence-corrected chi connectivity index (χ3v) is 7.46. The smallest absolute Gasteiger partial charge is 0.203 e. The van der Waals surface area contributed by atoms with Crippen LogP contribution in [0.2, 0.25) is 0 Å². The Hall–Kier alpha value is -3.88. The monoisotopic (exact) mass is 519 g/mol. The van der Waals surface area contributed by atoms with Crippen LogP contribution in [-0.2, 0) is 6.42 Å². The van der Waals surface area contributed by atoms with Gasteiger partial charge in [-0.1, -0.05) is 24.3 Å². The Morgan fingerprint density at radius 3 is 2.08 bits per heavy atom. The van der Waals surface area contributed by atoms with Crippen LogP contribution in [0.25, 0.3) is 10.9 Å². The van der Waals surface area contributed by atoms with Gasteiger partial charge in [-0.2, -0.15) is 0 Å². The van der Waals surface area contributed by atoms with E-state index < -0.39 is 18.1 Å². The Labute approximate surface area is 221 Å². The Bertz CT molecular complexity index is 1440. The van der Waals surface area contributed by atoms with E-state index in [-0.39, 0.29) is 6.61 Å². The zero-order valence-corrected chi connectivity index (χ0v) is 22.2. The number of nitrogens with zero attached hydrogens (tertiary/aromatic N) is 1. The first kappa shape index (κ1) is 25.8. The minimum Gasteiger partial charge on any atom is -0.497 e. The maximum absolute atomic E-state index is 12.1. The summed E-state index contributed by atoms with van der Waals surface area (Å²) in [6, 6.07) is 17.0. The van der Waals surface area contributed by atoms with Crippen molar-refractivity contribution in [2.45, 2.75) is 24.5 Å². The highest BCUT2D eigenvalue weighted by Crippen LogP contribution is 2.53. The largest absolute Gasteiger partial charge is 0.497 e. The van der Waals surface area contributed by atoms with Crippen molar-refractivity contribution in [3.8, 4) is 28.7 Å². The lowest BCUT2D eigenvalue weighted by atomic mass is 9.85. The lowest BCUT2D eigenvalue weighted by Crippen LogP contribution is -2.23. The van der Waals surface area contributed by atoms with Crippen LogP contribution < -0.4 is 23.7 Å². The number of rotatable bonds is 9. The van der Waals surface area contributed by atoms with Gasteiger partial charge in [0, 0.05) is 34.8 Å². The van der Waals surface area contributed by atoms with E-state index in [0.717, 1.165) is 33.3 Å². The summed E-state index contributed by atoms with van der Waals surface area (Å²) in [6.45, 7) is -0.0155. The van der Waals surface area contributed by atoms with Gasteiger partial charge in [-0.25, -0.2) is 0 Å². The Balaban J connectivity index is 1.82. The quantitative estimate of drug-likeness (QED) is 0.340. The molecule has 0 bridgehead atoms. The van der Waals surface area contributed by atoms with Crippen LogP contribution in [0.3, 0.4) is 0 Å². The van der Waals surface area contributed by atoms with Crippen molar-refractivity contribution in [1.29, 1.82) is 0 Å². The van der Waals surface area contributed by atoms with Gasteiger partial charge < -0.3 is 38.5 Å². The van der Waals surface area contributed by atoms with Crippen molar-refractivity contribution in [2.75, 3.05) is 42.2 Å². The third-order valence-electron chi connectivity index (χ3n) is 7.46. The van der Waals surface area contributed by atoms with Gasteiger partial charge in [-0.3, -0.25) is 0 Å². The highest BCUT2D eigenvalue weighted by molar-refractivity contribution is 5.87. The average molecular weight is 520 g/mol. The van der Waals surface area contributed by atoms with Gasteiger partial charge in [-0.05, 0) is 41.8 Å². The highest BCUT2D eigenvalue weighted by atomic mass is 16.5. The first-order valence-electron chi connectivity index (χ1n) is 12.4. The molecule has 200 valence electrons. The minimum absolute atomic E-state index is 0.0155. The van der Waals surface area contributed by atoms with Gasteiger partial charge in [0.15, 0.2) is 11.5 Å². The molecule has 0 saturated carbocycles. The molecule has 4 aromatic rings. The van der Waals surface area contributed by atoms with Crippen LogP contribution in [0.1, 0.15) is 34.3 Å². The molecule has 8 nitrogen and oxygen atoms in total. The summed E-state index contributed by atoms with van der Waals surface area (Å²) in [5.41, 5.74) is 4.55. The molecule has 38 heavy (non-hydrogen) atoms. The number of aliphatic hydroxyl groups excluding tert-OH is 2. The van der Waals surface area contributed by atoms with E-state index in [1.807, 2.05) is 48.5 Å². The molecule has 0 saturated heterocycles. The van der Waals surface area contributed by atoms with E-state index in [1.54, 1.807) is 35.5 Å². The van der Waals surface area contributed by atoms with Gasteiger partial charge in [0.2, 0.25) is 5.75 Å². The van der Waals surface area contributed by atoms with Crippen LogP contribution in [0.15, 0.2) is 54.6 Å². The third kappa shape index (κ3) is 3.92. The van der Waals surface area contributed by atoms with E-state index in [0.29, 0.717) is 35.2 Å². The van der Waals surface area contributed by atoms with E-state index in [2.05, 4.69) is 10.6 Å². The maximum Gasteiger partial charge on any atom is 0.203 e. The number of benzene rings is 3.